The third kappa shape index (κ3) is 7.84. The van der Waals surface area contributed by atoms with E-state index in [4.69, 9.17) is 10.4 Å². The fourth-order valence-corrected chi connectivity index (χ4v) is 5.76. The molecule has 7 nitrogen and oxygen atoms in total. The van der Waals surface area contributed by atoms with E-state index in [0.29, 0.717) is 0 Å². The highest BCUT2D eigenvalue weighted by Crippen LogP contribution is 2.29. The van der Waals surface area contributed by atoms with Gasteiger partial charge in [0.25, 0.3) is 11.8 Å². The molecule has 0 bridgehead atoms. The van der Waals surface area contributed by atoms with Crippen molar-refractivity contribution in [3.63, 3.8) is 0 Å². The first-order valence-corrected chi connectivity index (χ1v) is 15.1. The van der Waals surface area contributed by atoms with Crippen LogP contribution < -0.4 is 15.9 Å². The minimum Gasteiger partial charge on any atom is -0.372 e. The Balaban J connectivity index is 0.000000178. The summed E-state index contributed by atoms with van der Waals surface area (Å²) in [7, 11) is 0. The van der Waals surface area contributed by atoms with Gasteiger partial charge in [-0.25, -0.2) is 11.0 Å². The summed E-state index contributed by atoms with van der Waals surface area (Å²) in [6.45, 7) is 2.19. The Hall–Kier alpha value is -5.24. The molecule has 228 valence electrons. The Morgan fingerprint density at radius 1 is 0.489 bits per heavy atom. The average molecular weight is 600 g/mol. The number of nitrogens with zero attached hydrogens (tertiary/aromatic N) is 1. The molecule has 5 aromatic rings. The van der Waals surface area contributed by atoms with Crippen LogP contribution in [0.5, 0.6) is 0 Å². The monoisotopic (exact) mass is 599 g/mol. The molecule has 1 aliphatic heterocycles. The lowest BCUT2D eigenvalue weighted by molar-refractivity contribution is -0.130. The topological polar surface area (TPSA) is 102 Å². The number of carbonyl (C=O) groups is 2. The standard InChI is InChI=1S/C20H17NO2.C18H20N2O2/c22-20(21-23)19(17-9-5-2-6-10-17)18-13-11-16(12-14-18)15-7-3-1-4-8-15;21-18(19-22)17(14-6-2-1-3-7-14)15-8-10-16(11-9-15)20-12-4-5-13-20/h1-14,19,23H,(H,21,22);1-3,6-11,17,22H,4-5,12-13H2,(H,19,21). The van der Waals surface area contributed by atoms with Crippen LogP contribution in [0.3, 0.4) is 0 Å². The molecule has 0 spiro atoms. The summed E-state index contributed by atoms with van der Waals surface area (Å²) in [4.78, 5) is 26.5. The van der Waals surface area contributed by atoms with Crippen molar-refractivity contribution in [2.24, 2.45) is 0 Å². The maximum atomic E-state index is 12.1. The summed E-state index contributed by atoms with van der Waals surface area (Å²) in [5, 5.41) is 18.1. The Morgan fingerprint density at radius 2 is 0.844 bits per heavy atom. The van der Waals surface area contributed by atoms with Crippen molar-refractivity contribution in [2.75, 3.05) is 18.0 Å². The van der Waals surface area contributed by atoms with Gasteiger partial charge >= 0.3 is 0 Å². The van der Waals surface area contributed by atoms with E-state index in [1.54, 1.807) is 11.0 Å². The number of hydrogen-bond donors (Lipinski definition) is 4. The maximum Gasteiger partial charge on any atom is 0.255 e. The Bertz CT molecular complexity index is 1640. The molecule has 45 heavy (non-hydrogen) atoms. The SMILES string of the molecule is O=C(NO)C(c1ccccc1)c1ccc(-c2ccccc2)cc1.O=C(NO)C(c1ccccc1)c1ccc(N2CCCC2)cc1. The van der Waals surface area contributed by atoms with Crippen LogP contribution in [0.4, 0.5) is 5.69 Å². The molecule has 6 rings (SSSR count). The van der Waals surface area contributed by atoms with Gasteiger partial charge in [-0.3, -0.25) is 20.0 Å². The number of anilines is 1. The molecule has 0 aromatic heterocycles. The molecule has 5 aromatic carbocycles. The first-order chi connectivity index (χ1) is 22.1. The van der Waals surface area contributed by atoms with Crippen LogP contribution in [0.1, 0.15) is 46.9 Å². The molecule has 1 fully saturated rings. The summed E-state index contributed by atoms with van der Waals surface area (Å²) < 4.78 is 0. The molecule has 0 saturated carbocycles. The summed E-state index contributed by atoms with van der Waals surface area (Å²) in [5.74, 6) is -1.89. The van der Waals surface area contributed by atoms with Gasteiger partial charge < -0.3 is 4.90 Å². The van der Waals surface area contributed by atoms with Gasteiger partial charge in [-0.2, -0.15) is 0 Å². The van der Waals surface area contributed by atoms with Crippen molar-refractivity contribution in [2.45, 2.75) is 24.7 Å². The van der Waals surface area contributed by atoms with Crippen molar-refractivity contribution < 1.29 is 20.0 Å². The maximum absolute atomic E-state index is 12.1. The normalized spacial score (nSPS) is 13.6. The first-order valence-electron chi connectivity index (χ1n) is 15.1. The predicted molar refractivity (Wildman–Crippen MR) is 176 cm³/mol. The van der Waals surface area contributed by atoms with Crippen molar-refractivity contribution in [1.29, 1.82) is 0 Å². The van der Waals surface area contributed by atoms with E-state index in [-0.39, 0.29) is 0 Å². The number of benzene rings is 5. The highest BCUT2D eigenvalue weighted by molar-refractivity contribution is 5.87. The predicted octanol–water partition coefficient (Wildman–Crippen LogP) is 6.92. The molecule has 1 saturated heterocycles. The van der Waals surface area contributed by atoms with Crippen LogP contribution in [0.15, 0.2) is 140 Å². The molecule has 2 amide bonds. The number of hydrogen-bond acceptors (Lipinski definition) is 5. The fraction of sp³-hybridized carbons (Fsp3) is 0.158. The minimum absolute atomic E-state index is 0.417. The van der Waals surface area contributed by atoms with Gasteiger partial charge in [-0.15, -0.1) is 0 Å². The third-order valence-corrected chi connectivity index (χ3v) is 8.06. The molecule has 7 heteroatoms. The van der Waals surface area contributed by atoms with Gasteiger partial charge in [0.05, 0.1) is 11.8 Å². The summed E-state index contributed by atoms with van der Waals surface area (Å²) in [6, 6.07) is 44.9. The number of hydroxylamine groups is 2. The fourth-order valence-electron chi connectivity index (χ4n) is 5.76. The lowest BCUT2D eigenvalue weighted by atomic mass is 9.89. The first kappa shape index (κ1) is 31.2. The van der Waals surface area contributed by atoms with E-state index in [2.05, 4.69) is 17.0 Å². The van der Waals surface area contributed by atoms with Crippen molar-refractivity contribution in [3.8, 4) is 11.1 Å². The molecule has 2 unspecified atom stereocenters. The second-order valence-electron chi connectivity index (χ2n) is 10.9. The second-order valence-corrected chi connectivity index (χ2v) is 10.9. The van der Waals surface area contributed by atoms with Gasteiger partial charge in [0.1, 0.15) is 0 Å². The zero-order valence-corrected chi connectivity index (χ0v) is 24.9. The van der Waals surface area contributed by atoms with E-state index in [9.17, 15) is 9.59 Å². The van der Waals surface area contributed by atoms with Crippen LogP contribution in [0.25, 0.3) is 11.1 Å². The molecule has 1 heterocycles. The minimum atomic E-state index is -0.536. The van der Waals surface area contributed by atoms with E-state index in [1.165, 1.54) is 18.5 Å². The van der Waals surface area contributed by atoms with E-state index in [1.807, 2.05) is 127 Å². The zero-order valence-electron chi connectivity index (χ0n) is 24.9. The number of nitrogens with one attached hydrogen (secondary N) is 2. The van der Waals surface area contributed by atoms with Crippen molar-refractivity contribution in [1.82, 2.24) is 11.0 Å². The molecule has 4 N–H and O–H groups in total. The largest absolute Gasteiger partial charge is 0.372 e. The highest BCUT2D eigenvalue weighted by Gasteiger charge is 2.23. The third-order valence-electron chi connectivity index (χ3n) is 8.06. The van der Waals surface area contributed by atoms with Gasteiger partial charge in [-0.05, 0) is 58.4 Å². The smallest absolute Gasteiger partial charge is 0.255 e. The van der Waals surface area contributed by atoms with Crippen LogP contribution in [0, 0.1) is 0 Å². The molecule has 2 atom stereocenters. The summed E-state index contributed by atoms with van der Waals surface area (Å²) >= 11 is 0. The van der Waals surface area contributed by atoms with Crippen molar-refractivity contribution >= 4 is 17.5 Å². The van der Waals surface area contributed by atoms with E-state index >= 15 is 0 Å². The highest BCUT2D eigenvalue weighted by atomic mass is 16.5. The lowest BCUT2D eigenvalue weighted by Crippen LogP contribution is -2.27. The van der Waals surface area contributed by atoms with Crippen LogP contribution in [-0.4, -0.2) is 35.3 Å². The molecule has 1 aliphatic rings. The molecule has 0 aliphatic carbocycles. The van der Waals surface area contributed by atoms with Crippen LogP contribution in [-0.2, 0) is 9.59 Å². The van der Waals surface area contributed by atoms with Crippen LogP contribution >= 0.6 is 0 Å². The molecular weight excluding hydrogens is 562 g/mol. The van der Waals surface area contributed by atoms with Crippen LogP contribution in [0.2, 0.25) is 0 Å². The van der Waals surface area contributed by atoms with E-state index in [0.717, 1.165) is 46.5 Å². The Morgan fingerprint density at radius 3 is 1.27 bits per heavy atom. The van der Waals surface area contributed by atoms with Gasteiger partial charge in [-0.1, -0.05) is 127 Å². The average Bonchev–Trinajstić information content (AvgIpc) is 3.66. The quantitative estimate of drug-likeness (QED) is 0.115. The summed E-state index contributed by atoms with van der Waals surface area (Å²) in [5.41, 5.74) is 10.4. The van der Waals surface area contributed by atoms with E-state index < -0.39 is 23.7 Å². The molecule has 0 radical (unpaired) electrons. The lowest BCUT2D eigenvalue weighted by Gasteiger charge is -2.20. The Labute approximate surface area is 263 Å². The van der Waals surface area contributed by atoms with Gasteiger partial charge in [0, 0.05) is 18.8 Å². The van der Waals surface area contributed by atoms with Gasteiger partial charge in [0.15, 0.2) is 0 Å². The second kappa shape index (κ2) is 15.5. The molecular formula is C38H37N3O4. The Kier molecular flexibility index (Phi) is 10.7. The van der Waals surface area contributed by atoms with Crippen molar-refractivity contribution in [3.05, 3.63) is 162 Å². The zero-order chi connectivity index (χ0) is 31.4. The number of amides is 2. The number of rotatable bonds is 8. The van der Waals surface area contributed by atoms with Gasteiger partial charge in [0.2, 0.25) is 0 Å². The summed E-state index contributed by atoms with van der Waals surface area (Å²) in [6.07, 6.45) is 2.47. The number of carbonyl (C=O) groups excluding carboxylic acids is 2.